The summed E-state index contributed by atoms with van der Waals surface area (Å²) in [6.45, 7) is 0.0587. The lowest BCUT2D eigenvalue weighted by Crippen LogP contribution is -2.29. The summed E-state index contributed by atoms with van der Waals surface area (Å²) in [4.78, 5) is 11.2. The van der Waals surface area contributed by atoms with Crippen molar-refractivity contribution in [1.82, 2.24) is 5.32 Å². The maximum Gasteiger partial charge on any atom is 0.257 e. The highest BCUT2D eigenvalue weighted by Crippen LogP contribution is 2.14. The highest BCUT2D eigenvalue weighted by Gasteiger charge is 2.07. The van der Waals surface area contributed by atoms with Crippen LogP contribution in [0, 0.1) is 11.3 Å². The van der Waals surface area contributed by atoms with Crippen molar-refractivity contribution in [3.63, 3.8) is 0 Å². The Morgan fingerprint density at radius 3 is 2.53 bits per heavy atom. The van der Waals surface area contributed by atoms with Crippen LogP contribution in [0.4, 0.5) is 0 Å². The van der Waals surface area contributed by atoms with Crippen molar-refractivity contribution in [3.8, 4) is 11.8 Å². The van der Waals surface area contributed by atoms with E-state index in [1.54, 1.807) is 0 Å². The van der Waals surface area contributed by atoms with Crippen LogP contribution < -0.4 is 15.2 Å². The first-order valence-corrected chi connectivity index (χ1v) is 6.87. The van der Waals surface area contributed by atoms with Crippen LogP contribution in [0.15, 0.2) is 29.2 Å². The van der Waals surface area contributed by atoms with Gasteiger partial charge < -0.3 is 10.1 Å². The second-order valence-corrected chi connectivity index (χ2v) is 5.12. The van der Waals surface area contributed by atoms with Crippen molar-refractivity contribution in [2.45, 2.75) is 11.3 Å². The Labute approximate surface area is 111 Å². The van der Waals surface area contributed by atoms with E-state index in [1.165, 1.54) is 24.3 Å². The number of benzene rings is 1. The molecule has 0 atom stereocenters. The van der Waals surface area contributed by atoms with E-state index in [4.69, 9.17) is 15.1 Å². The highest BCUT2D eigenvalue weighted by molar-refractivity contribution is 7.89. The number of carbonyl (C=O) groups is 1. The van der Waals surface area contributed by atoms with E-state index in [9.17, 15) is 13.2 Å². The predicted molar refractivity (Wildman–Crippen MR) is 66.5 cm³/mol. The minimum Gasteiger partial charge on any atom is -0.484 e. The van der Waals surface area contributed by atoms with Gasteiger partial charge in [-0.15, -0.1) is 0 Å². The highest BCUT2D eigenvalue weighted by atomic mass is 32.2. The van der Waals surface area contributed by atoms with Crippen molar-refractivity contribution in [3.05, 3.63) is 24.3 Å². The number of amides is 1. The van der Waals surface area contributed by atoms with Crippen LogP contribution >= 0.6 is 0 Å². The van der Waals surface area contributed by atoms with Gasteiger partial charge in [-0.05, 0) is 24.3 Å². The van der Waals surface area contributed by atoms with Gasteiger partial charge >= 0.3 is 0 Å². The van der Waals surface area contributed by atoms with E-state index >= 15 is 0 Å². The van der Waals surface area contributed by atoms with Gasteiger partial charge in [0.1, 0.15) is 5.75 Å². The number of ether oxygens (including phenoxy) is 1. The molecule has 102 valence electrons. The third-order valence-electron chi connectivity index (χ3n) is 2.08. The molecule has 1 aromatic carbocycles. The molecule has 0 radical (unpaired) electrons. The van der Waals surface area contributed by atoms with Crippen LogP contribution in [-0.4, -0.2) is 27.5 Å². The number of sulfonamides is 1. The van der Waals surface area contributed by atoms with Gasteiger partial charge in [0, 0.05) is 6.54 Å². The average molecular weight is 283 g/mol. The molecule has 0 spiro atoms. The third kappa shape index (κ3) is 5.37. The van der Waals surface area contributed by atoms with Crippen molar-refractivity contribution < 1.29 is 17.9 Å². The topological polar surface area (TPSA) is 122 Å². The molecular weight excluding hydrogens is 270 g/mol. The second-order valence-electron chi connectivity index (χ2n) is 3.56. The monoisotopic (exact) mass is 283 g/mol. The zero-order valence-corrected chi connectivity index (χ0v) is 10.8. The first kappa shape index (κ1) is 14.9. The fraction of sp³-hybridized carbons (Fsp3) is 0.273. The van der Waals surface area contributed by atoms with Crippen LogP contribution in [0.3, 0.4) is 0 Å². The summed E-state index contributed by atoms with van der Waals surface area (Å²) in [6.07, 6.45) is 0.231. The molecule has 0 aliphatic rings. The van der Waals surface area contributed by atoms with Crippen LogP contribution in [-0.2, 0) is 14.8 Å². The molecule has 19 heavy (non-hydrogen) atoms. The summed E-state index contributed by atoms with van der Waals surface area (Å²) in [5.41, 5.74) is 0. The summed E-state index contributed by atoms with van der Waals surface area (Å²) in [7, 11) is -3.73. The number of nitrogens with two attached hydrogens (primary N) is 1. The Morgan fingerprint density at radius 2 is 2.00 bits per heavy atom. The average Bonchev–Trinajstić information content (AvgIpc) is 2.36. The number of nitriles is 1. The Balaban J connectivity index is 2.47. The lowest BCUT2D eigenvalue weighted by molar-refractivity contribution is -0.123. The zero-order valence-electron chi connectivity index (χ0n) is 10.00. The van der Waals surface area contributed by atoms with Gasteiger partial charge in [0.15, 0.2) is 6.61 Å². The Hall–Kier alpha value is -2.11. The number of carbonyl (C=O) groups excluding carboxylic acids is 1. The largest absolute Gasteiger partial charge is 0.484 e. The van der Waals surface area contributed by atoms with E-state index in [2.05, 4.69) is 5.32 Å². The van der Waals surface area contributed by atoms with Crippen LogP contribution in [0.5, 0.6) is 5.75 Å². The minimum atomic E-state index is -3.73. The molecular formula is C11H13N3O4S. The van der Waals surface area contributed by atoms with Crippen molar-refractivity contribution >= 4 is 15.9 Å². The molecule has 0 unspecified atom stereocenters. The molecule has 1 rings (SSSR count). The molecule has 0 aliphatic carbocycles. The normalized spacial score (nSPS) is 10.5. The molecule has 0 saturated heterocycles. The van der Waals surface area contributed by atoms with E-state index < -0.39 is 10.0 Å². The molecule has 1 aromatic rings. The predicted octanol–water partition coefficient (Wildman–Crippen LogP) is -0.257. The standard InChI is InChI=1S/C11H13N3O4S/c12-6-1-7-14-11(15)8-18-9-2-4-10(5-3-9)19(13,16)17/h2-5H,1,7-8H2,(H,14,15)(H2,13,16,17). The van der Waals surface area contributed by atoms with Gasteiger partial charge in [-0.3, -0.25) is 4.79 Å². The number of hydrogen-bond acceptors (Lipinski definition) is 5. The lowest BCUT2D eigenvalue weighted by Gasteiger charge is -2.06. The zero-order chi connectivity index (χ0) is 14.3. The summed E-state index contributed by atoms with van der Waals surface area (Å²) in [6, 6.07) is 7.28. The van der Waals surface area contributed by atoms with Crippen LogP contribution in [0.2, 0.25) is 0 Å². The number of hydrogen-bond donors (Lipinski definition) is 2. The Kier molecular flexibility index (Phi) is 5.29. The fourth-order valence-electron chi connectivity index (χ4n) is 1.18. The molecule has 0 aliphatic heterocycles. The Bertz CT molecular complexity index is 575. The van der Waals surface area contributed by atoms with Crippen molar-refractivity contribution in [1.29, 1.82) is 5.26 Å². The van der Waals surface area contributed by atoms with Gasteiger partial charge in [0.2, 0.25) is 10.0 Å². The summed E-state index contributed by atoms with van der Waals surface area (Å²) >= 11 is 0. The smallest absolute Gasteiger partial charge is 0.257 e. The second kappa shape index (κ2) is 6.72. The molecule has 3 N–H and O–H groups in total. The van der Waals surface area contributed by atoms with Gasteiger partial charge in [0.05, 0.1) is 17.4 Å². The number of rotatable bonds is 6. The number of nitrogens with zero attached hydrogens (tertiary/aromatic N) is 1. The third-order valence-corrected chi connectivity index (χ3v) is 3.01. The fourth-order valence-corrected chi connectivity index (χ4v) is 1.70. The summed E-state index contributed by atoms with van der Waals surface area (Å²) < 4.78 is 27.1. The molecule has 8 heteroatoms. The molecule has 0 saturated carbocycles. The van der Waals surface area contributed by atoms with Gasteiger partial charge in [0.25, 0.3) is 5.91 Å². The van der Waals surface area contributed by atoms with Gasteiger partial charge in [-0.2, -0.15) is 5.26 Å². The minimum absolute atomic E-state index is 0.0293. The van der Waals surface area contributed by atoms with E-state index in [0.29, 0.717) is 5.75 Å². The van der Waals surface area contributed by atoms with E-state index in [-0.39, 0.29) is 30.4 Å². The summed E-state index contributed by atoms with van der Waals surface area (Å²) in [5.74, 6) is -0.00592. The number of nitrogens with one attached hydrogen (secondary N) is 1. The number of primary sulfonamides is 1. The van der Waals surface area contributed by atoms with Crippen molar-refractivity contribution in [2.24, 2.45) is 5.14 Å². The molecule has 7 nitrogen and oxygen atoms in total. The summed E-state index contributed by atoms with van der Waals surface area (Å²) in [5, 5.41) is 15.7. The quantitative estimate of drug-likeness (QED) is 0.696. The SMILES string of the molecule is N#CCCNC(=O)COc1ccc(S(N)(=O)=O)cc1. The molecule has 0 fully saturated rings. The lowest BCUT2D eigenvalue weighted by atomic mass is 10.3. The van der Waals surface area contributed by atoms with E-state index in [0.717, 1.165) is 0 Å². The van der Waals surface area contributed by atoms with Gasteiger partial charge in [-0.1, -0.05) is 0 Å². The molecule has 1 amide bonds. The van der Waals surface area contributed by atoms with Crippen LogP contribution in [0.25, 0.3) is 0 Å². The first-order chi connectivity index (χ1) is 8.93. The molecule has 0 bridgehead atoms. The van der Waals surface area contributed by atoms with Crippen molar-refractivity contribution in [2.75, 3.05) is 13.2 Å². The maximum atomic E-state index is 11.3. The maximum absolute atomic E-state index is 11.3. The Morgan fingerprint density at radius 1 is 1.37 bits per heavy atom. The van der Waals surface area contributed by atoms with Crippen LogP contribution in [0.1, 0.15) is 6.42 Å². The molecule has 0 aromatic heterocycles. The first-order valence-electron chi connectivity index (χ1n) is 5.33. The molecule has 0 heterocycles. The van der Waals surface area contributed by atoms with Gasteiger partial charge in [-0.25, -0.2) is 13.6 Å². The van der Waals surface area contributed by atoms with E-state index in [1.807, 2.05) is 6.07 Å².